The highest BCUT2D eigenvalue weighted by atomic mass is 19.1. The van der Waals surface area contributed by atoms with Gasteiger partial charge in [0.15, 0.2) is 5.82 Å². The Bertz CT molecular complexity index is 1420. The molecule has 1 fully saturated rings. The lowest BCUT2D eigenvalue weighted by molar-refractivity contribution is -0.119. The Morgan fingerprint density at radius 1 is 1.24 bits per heavy atom. The molecule has 1 atom stereocenters. The van der Waals surface area contributed by atoms with E-state index in [0.29, 0.717) is 46.7 Å². The van der Waals surface area contributed by atoms with E-state index in [4.69, 9.17) is 10.5 Å². The number of fused-ring (bicyclic) bond motifs is 1. The van der Waals surface area contributed by atoms with Gasteiger partial charge in [-0.05, 0) is 42.8 Å². The Morgan fingerprint density at radius 2 is 2.03 bits per heavy atom. The average Bonchev–Trinajstić information content (AvgIpc) is 3.42. The van der Waals surface area contributed by atoms with E-state index in [1.807, 2.05) is 0 Å². The molecule has 1 saturated heterocycles. The molecule has 0 bridgehead atoms. The third kappa shape index (κ3) is 3.98. The summed E-state index contributed by atoms with van der Waals surface area (Å²) in [5.74, 6) is 0.332. The fraction of sp³-hybridized carbons (Fsp3) is 0.174. The summed E-state index contributed by atoms with van der Waals surface area (Å²) in [4.78, 5) is 32.4. The van der Waals surface area contributed by atoms with E-state index in [9.17, 15) is 14.0 Å². The zero-order valence-electron chi connectivity index (χ0n) is 18.1. The predicted octanol–water partition coefficient (Wildman–Crippen LogP) is 2.36. The lowest BCUT2D eigenvalue weighted by Gasteiger charge is -2.13. The van der Waals surface area contributed by atoms with E-state index in [1.165, 1.54) is 16.8 Å². The van der Waals surface area contributed by atoms with Crippen molar-refractivity contribution in [1.29, 1.82) is 0 Å². The maximum absolute atomic E-state index is 14.1. The van der Waals surface area contributed by atoms with Gasteiger partial charge in [0.25, 0.3) is 5.91 Å². The third-order valence-electron chi connectivity index (χ3n) is 5.50. The fourth-order valence-corrected chi connectivity index (χ4v) is 3.79. The molecule has 0 spiro atoms. The molecule has 1 aliphatic heterocycles. The van der Waals surface area contributed by atoms with E-state index >= 15 is 0 Å². The van der Waals surface area contributed by atoms with Crippen LogP contribution in [0.1, 0.15) is 16.9 Å². The molecule has 34 heavy (non-hydrogen) atoms. The minimum absolute atomic E-state index is 0.0245. The van der Waals surface area contributed by atoms with Crippen LogP contribution in [0.4, 0.5) is 10.2 Å². The number of amides is 2. The van der Waals surface area contributed by atoms with Crippen LogP contribution < -0.4 is 21.1 Å². The molecule has 172 valence electrons. The number of nitrogens with two attached hydrogens (primary N) is 1. The van der Waals surface area contributed by atoms with Gasteiger partial charge >= 0.3 is 0 Å². The summed E-state index contributed by atoms with van der Waals surface area (Å²) in [5, 5.41) is 10.4. The highest BCUT2D eigenvalue weighted by molar-refractivity contribution is 5.92. The van der Waals surface area contributed by atoms with Crippen LogP contribution >= 0.6 is 0 Å². The number of halogens is 1. The molecule has 0 saturated carbocycles. The minimum atomic E-state index is -0.709. The van der Waals surface area contributed by atoms with Gasteiger partial charge < -0.3 is 21.1 Å². The van der Waals surface area contributed by atoms with Crippen LogP contribution in [0.2, 0.25) is 0 Å². The van der Waals surface area contributed by atoms with Crippen molar-refractivity contribution >= 4 is 28.5 Å². The normalized spacial score (nSPS) is 15.4. The molecule has 2 amide bonds. The van der Waals surface area contributed by atoms with E-state index < -0.39 is 11.9 Å². The maximum Gasteiger partial charge on any atom is 0.267 e. The Morgan fingerprint density at radius 3 is 2.74 bits per heavy atom. The molecule has 1 unspecified atom stereocenters. The number of aromatic nitrogens is 4. The molecule has 0 aliphatic carbocycles. The first kappa shape index (κ1) is 21.3. The predicted molar refractivity (Wildman–Crippen MR) is 122 cm³/mol. The van der Waals surface area contributed by atoms with Gasteiger partial charge in [-0.3, -0.25) is 14.3 Å². The van der Waals surface area contributed by atoms with E-state index in [1.54, 1.807) is 43.6 Å². The molecule has 2 aromatic carbocycles. The third-order valence-corrected chi connectivity index (χ3v) is 5.50. The zero-order chi connectivity index (χ0) is 23.8. The van der Waals surface area contributed by atoms with Gasteiger partial charge in [-0.25, -0.2) is 14.4 Å². The highest BCUT2D eigenvalue weighted by Gasteiger charge is 2.25. The number of anilines is 1. The summed E-state index contributed by atoms with van der Waals surface area (Å²) in [6.07, 6.45) is 2.15. The van der Waals surface area contributed by atoms with Gasteiger partial charge in [-0.1, -0.05) is 0 Å². The summed E-state index contributed by atoms with van der Waals surface area (Å²) in [6, 6.07) is 10.7. The summed E-state index contributed by atoms with van der Waals surface area (Å²) in [6.45, 7) is 0.567. The number of benzene rings is 2. The standard InChI is InChI=1S/C23H20FN7O3/c1-31-20-14(11-27-31)18(7-6-15(20)24)34-13-4-2-12(3-5-13)22-29-17(21(25)32)10-19(30-22)28-16-8-9-26-23(16)33/h2-7,10-11,16H,8-9H2,1H3,(H2,25,32)(H,26,33)(H,28,29,30). The molecule has 1 aliphatic rings. The molecular weight excluding hydrogens is 441 g/mol. The van der Waals surface area contributed by atoms with Crippen LogP contribution in [-0.2, 0) is 11.8 Å². The zero-order valence-corrected chi connectivity index (χ0v) is 18.1. The number of carbonyl (C=O) groups is 2. The first-order valence-corrected chi connectivity index (χ1v) is 10.5. The van der Waals surface area contributed by atoms with Gasteiger partial charge in [0, 0.05) is 25.2 Å². The van der Waals surface area contributed by atoms with Crippen molar-refractivity contribution in [3.05, 3.63) is 60.2 Å². The molecule has 4 aromatic rings. The largest absolute Gasteiger partial charge is 0.457 e. The minimum Gasteiger partial charge on any atom is -0.457 e. The molecule has 0 radical (unpaired) electrons. The highest BCUT2D eigenvalue weighted by Crippen LogP contribution is 2.32. The molecule has 10 nitrogen and oxygen atoms in total. The molecular formula is C23H20FN7O3. The lowest BCUT2D eigenvalue weighted by Crippen LogP contribution is -2.30. The SMILES string of the molecule is Cn1ncc2c(Oc3ccc(-c4nc(NC5CCNC5=O)cc(C(N)=O)n4)cc3)ccc(F)c21. The van der Waals surface area contributed by atoms with Gasteiger partial charge in [0.05, 0.1) is 11.6 Å². The number of carbonyl (C=O) groups excluding carboxylic acids is 2. The van der Waals surface area contributed by atoms with Crippen molar-refractivity contribution in [3.8, 4) is 22.9 Å². The van der Waals surface area contributed by atoms with Crippen LogP contribution in [0, 0.1) is 5.82 Å². The Labute approximate surface area is 192 Å². The second-order valence-electron chi connectivity index (χ2n) is 7.81. The van der Waals surface area contributed by atoms with Gasteiger partial charge in [0.2, 0.25) is 5.91 Å². The van der Waals surface area contributed by atoms with Crippen molar-refractivity contribution in [1.82, 2.24) is 25.1 Å². The lowest BCUT2D eigenvalue weighted by atomic mass is 10.2. The number of rotatable bonds is 6. The van der Waals surface area contributed by atoms with Gasteiger partial charge in [-0.15, -0.1) is 0 Å². The second-order valence-corrected chi connectivity index (χ2v) is 7.81. The average molecular weight is 461 g/mol. The van der Waals surface area contributed by atoms with Crippen LogP contribution in [-0.4, -0.2) is 44.1 Å². The van der Waals surface area contributed by atoms with Crippen LogP contribution in [0.15, 0.2) is 48.7 Å². The first-order chi connectivity index (χ1) is 16.4. The number of hydrogen-bond acceptors (Lipinski definition) is 7. The number of aryl methyl sites for hydroxylation is 1. The number of hydrogen-bond donors (Lipinski definition) is 3. The first-order valence-electron chi connectivity index (χ1n) is 10.5. The van der Waals surface area contributed by atoms with E-state index in [2.05, 4.69) is 25.7 Å². The quantitative estimate of drug-likeness (QED) is 0.401. The monoisotopic (exact) mass is 461 g/mol. The van der Waals surface area contributed by atoms with Crippen molar-refractivity contribution < 1.29 is 18.7 Å². The Kier molecular flexibility index (Phi) is 5.28. The summed E-state index contributed by atoms with van der Waals surface area (Å²) >= 11 is 0. The molecule has 11 heteroatoms. The maximum atomic E-state index is 14.1. The van der Waals surface area contributed by atoms with Crippen molar-refractivity contribution in [2.24, 2.45) is 12.8 Å². The molecule has 4 N–H and O–H groups in total. The van der Waals surface area contributed by atoms with Crippen LogP contribution in [0.25, 0.3) is 22.3 Å². The molecule has 5 rings (SSSR count). The van der Waals surface area contributed by atoms with E-state index in [0.717, 1.165) is 0 Å². The summed E-state index contributed by atoms with van der Waals surface area (Å²) in [5.41, 5.74) is 6.43. The van der Waals surface area contributed by atoms with Crippen molar-refractivity contribution in [2.45, 2.75) is 12.5 Å². The van der Waals surface area contributed by atoms with E-state index in [-0.39, 0.29) is 23.2 Å². The Hall–Kier alpha value is -4.54. The molecule has 2 aromatic heterocycles. The second kappa shape index (κ2) is 8.43. The van der Waals surface area contributed by atoms with Crippen LogP contribution in [0.3, 0.4) is 0 Å². The van der Waals surface area contributed by atoms with Crippen molar-refractivity contribution in [3.63, 3.8) is 0 Å². The number of primary amides is 1. The molecule has 3 heterocycles. The van der Waals surface area contributed by atoms with Crippen molar-refractivity contribution in [2.75, 3.05) is 11.9 Å². The number of ether oxygens (including phenoxy) is 1. The van der Waals surface area contributed by atoms with Gasteiger partial charge in [-0.2, -0.15) is 5.10 Å². The van der Waals surface area contributed by atoms with Crippen LogP contribution in [0.5, 0.6) is 11.5 Å². The summed E-state index contributed by atoms with van der Waals surface area (Å²) in [7, 11) is 1.66. The topological polar surface area (TPSA) is 137 Å². The number of nitrogens with zero attached hydrogens (tertiary/aromatic N) is 4. The Balaban J connectivity index is 1.42. The smallest absolute Gasteiger partial charge is 0.267 e. The fourth-order valence-electron chi connectivity index (χ4n) is 3.79. The summed E-state index contributed by atoms with van der Waals surface area (Å²) < 4.78 is 21.5. The van der Waals surface area contributed by atoms with Gasteiger partial charge in [0.1, 0.15) is 40.4 Å². The number of nitrogens with one attached hydrogen (secondary N) is 2.